The zero-order valence-electron chi connectivity index (χ0n) is 78.9. The molecule has 12 heterocycles. The maximum Gasteiger partial charge on any atom is 0.255 e. The van der Waals surface area contributed by atoms with Gasteiger partial charge in [-0.25, -0.2) is 4.98 Å². The highest BCUT2D eigenvalue weighted by Gasteiger charge is 2.30. The normalized spacial score (nSPS) is 15.0. The zero-order chi connectivity index (χ0) is 95.0. The Hall–Kier alpha value is -11.4. The van der Waals surface area contributed by atoms with Crippen molar-refractivity contribution in [3.63, 3.8) is 0 Å². The van der Waals surface area contributed by atoms with Crippen LogP contribution in [0.3, 0.4) is 0 Å². The summed E-state index contributed by atoms with van der Waals surface area (Å²) in [6.45, 7) is 42.4. The lowest BCUT2D eigenvalue weighted by Crippen LogP contribution is -2.37. The lowest BCUT2D eigenvalue weighted by molar-refractivity contribution is 0.0689. The number of aromatic amines is 2. The zero-order valence-corrected chi connectivity index (χ0v) is 81.9. The highest BCUT2D eigenvalue weighted by atomic mass is 35.5. The molecule has 4 saturated heterocycles. The van der Waals surface area contributed by atoms with Gasteiger partial charge in [-0.1, -0.05) is 181 Å². The van der Waals surface area contributed by atoms with Crippen molar-refractivity contribution in [3.05, 3.63) is 292 Å². The third-order valence-electron chi connectivity index (χ3n) is 25.3. The van der Waals surface area contributed by atoms with E-state index in [-0.39, 0.29) is 56.3 Å². The molecule has 23 heteroatoms. The van der Waals surface area contributed by atoms with Gasteiger partial charge in [-0.3, -0.25) is 53.7 Å². The minimum absolute atomic E-state index is 0.00972. The molecular formula is C109H121Cl4FN12O6. The third-order valence-corrected chi connectivity index (χ3v) is 26.5. The van der Waals surface area contributed by atoms with E-state index in [0.29, 0.717) is 105 Å². The first-order chi connectivity index (χ1) is 62.5. The molecule has 0 spiro atoms. The number of nitrogens with one attached hydrogen (secondary N) is 2. The van der Waals surface area contributed by atoms with Gasteiger partial charge in [0.15, 0.2) is 5.43 Å². The number of aryl methyl sites for hydroxylation is 1. The van der Waals surface area contributed by atoms with Crippen molar-refractivity contribution in [2.75, 3.05) is 52.4 Å². The van der Waals surface area contributed by atoms with Crippen LogP contribution in [0.2, 0.25) is 20.1 Å². The van der Waals surface area contributed by atoms with Crippen molar-refractivity contribution >= 4 is 70.0 Å². The monoisotopic (exact) mass is 1850 g/mol. The number of carbonyl (C=O) groups excluding carboxylic acids is 4. The predicted octanol–water partition coefficient (Wildman–Crippen LogP) is 25.6. The molecule has 0 radical (unpaired) electrons. The number of aromatic nitrogens is 8. The molecule has 0 atom stereocenters. The number of rotatable bonds is 12. The fraction of sp³-hybridized carbons (Fsp3) is 0.376. The van der Waals surface area contributed by atoms with E-state index in [1.165, 1.54) is 6.07 Å². The van der Waals surface area contributed by atoms with Crippen LogP contribution in [0.4, 0.5) is 4.39 Å². The lowest BCUT2D eigenvalue weighted by atomic mass is 9.90. The Morgan fingerprint density at radius 3 is 1.00 bits per heavy atom. The van der Waals surface area contributed by atoms with E-state index in [1.807, 2.05) is 112 Å². The molecule has 688 valence electrons. The minimum Gasteiger partial charge on any atom is -0.366 e. The molecule has 4 fully saturated rings. The number of amides is 4. The summed E-state index contributed by atoms with van der Waals surface area (Å²) in [6, 6.07) is 46.1. The van der Waals surface area contributed by atoms with Crippen LogP contribution in [0, 0.1) is 36.5 Å². The quantitative estimate of drug-likeness (QED) is 0.109. The number of hydrogen-bond acceptors (Lipinski definition) is 12. The summed E-state index contributed by atoms with van der Waals surface area (Å²) in [6.07, 6.45) is 20.3. The molecule has 4 aliphatic heterocycles. The molecule has 4 amide bonds. The Labute approximate surface area is 796 Å². The Morgan fingerprint density at radius 1 is 0.333 bits per heavy atom. The molecule has 8 aromatic heterocycles. The maximum atomic E-state index is 14.5. The Kier molecular flexibility index (Phi) is 31.1. The number of carbonyl (C=O) groups is 4. The van der Waals surface area contributed by atoms with Gasteiger partial charge in [-0.2, -0.15) is 4.39 Å². The van der Waals surface area contributed by atoms with Gasteiger partial charge < -0.3 is 29.6 Å². The number of likely N-dealkylation sites (tertiary alicyclic amines) is 4. The van der Waals surface area contributed by atoms with Crippen LogP contribution >= 0.6 is 46.4 Å². The van der Waals surface area contributed by atoms with Crippen molar-refractivity contribution in [3.8, 4) is 89.3 Å². The number of H-pyrrole nitrogens is 2. The van der Waals surface area contributed by atoms with Gasteiger partial charge in [-0.05, 0) is 237 Å². The van der Waals surface area contributed by atoms with Gasteiger partial charge in [0.1, 0.15) is 0 Å². The average Bonchev–Trinajstić information content (AvgIpc) is 0.976. The van der Waals surface area contributed by atoms with Gasteiger partial charge in [-0.15, -0.1) is 0 Å². The molecule has 0 bridgehead atoms. The van der Waals surface area contributed by atoms with Crippen LogP contribution in [0.1, 0.15) is 232 Å². The molecular weight excluding hydrogens is 1730 g/mol. The summed E-state index contributed by atoms with van der Waals surface area (Å²) >= 11 is 26.5. The second-order valence-corrected chi connectivity index (χ2v) is 41.7. The van der Waals surface area contributed by atoms with Crippen LogP contribution in [0.15, 0.2) is 205 Å². The van der Waals surface area contributed by atoms with E-state index in [4.69, 9.17) is 51.4 Å². The summed E-state index contributed by atoms with van der Waals surface area (Å²) in [5, 5.41) is 1.79. The second-order valence-electron chi connectivity index (χ2n) is 40.1. The fourth-order valence-electron chi connectivity index (χ4n) is 16.6. The summed E-state index contributed by atoms with van der Waals surface area (Å²) in [5.41, 5.74) is 18.1. The Balaban J connectivity index is 0.000000150. The first-order valence-corrected chi connectivity index (χ1v) is 47.4. The highest BCUT2D eigenvalue weighted by Crippen LogP contribution is 2.40. The summed E-state index contributed by atoms with van der Waals surface area (Å²) in [4.78, 5) is 118. The predicted molar refractivity (Wildman–Crippen MR) is 534 cm³/mol. The number of halogens is 5. The SMILES string of the molecule is CC1CCN(C(=O)c2ccc(-c3c[nH]c(=O)c(-c4ccnc(C(C)(C)C)c4)c3)c(Cl)c2)CC1.CC1CCN(C(=O)c2ccc(-c3c[nH]cc(-c4ccnc(C(C)(C)C)c4)c3=O)c(Cl)c2)CC1.CC1CCN(C(=O)c2ccc(-c3cc(-c4ccnc(C(C)(C)C)c4)cc(F)n3)c(Cl)c2)CC1.Cc1cc(-c2ccnc(C(C)(C)C)c2)cc(-c2ccc(C(=O)N3CCC(C)CC3)cc2Cl)n1. The number of pyridine rings is 8. The van der Waals surface area contributed by atoms with Gasteiger partial charge in [0.05, 0.1) is 21.4 Å². The van der Waals surface area contributed by atoms with Crippen LogP contribution in [0.25, 0.3) is 89.3 Å². The average molecular weight is 1860 g/mol. The second kappa shape index (κ2) is 41.8. The van der Waals surface area contributed by atoms with Crippen molar-refractivity contribution in [2.24, 2.45) is 23.7 Å². The largest absolute Gasteiger partial charge is 0.366 e. The molecule has 12 aromatic rings. The van der Waals surface area contributed by atoms with E-state index < -0.39 is 5.95 Å². The molecule has 0 saturated carbocycles. The molecule has 4 aliphatic rings. The molecule has 132 heavy (non-hydrogen) atoms. The van der Waals surface area contributed by atoms with Crippen LogP contribution in [-0.4, -0.2) is 135 Å². The highest BCUT2D eigenvalue weighted by molar-refractivity contribution is 6.35. The summed E-state index contributed by atoms with van der Waals surface area (Å²) < 4.78 is 14.5. The van der Waals surface area contributed by atoms with Gasteiger partial charge in [0.2, 0.25) is 5.95 Å². The van der Waals surface area contributed by atoms with E-state index >= 15 is 0 Å². The smallest absolute Gasteiger partial charge is 0.255 e. The first-order valence-electron chi connectivity index (χ1n) is 45.9. The van der Waals surface area contributed by atoms with E-state index in [1.54, 1.807) is 85.7 Å². The van der Waals surface area contributed by atoms with Crippen molar-refractivity contribution in [1.29, 1.82) is 0 Å². The molecule has 0 unspecified atom stereocenters. The minimum atomic E-state index is -0.588. The van der Waals surface area contributed by atoms with Crippen LogP contribution in [-0.2, 0) is 21.7 Å². The Bertz CT molecular complexity index is 6110. The first kappa shape index (κ1) is 98.2. The van der Waals surface area contributed by atoms with E-state index in [2.05, 4.69) is 164 Å². The molecule has 2 N–H and O–H groups in total. The van der Waals surface area contributed by atoms with Gasteiger partial charge in [0.25, 0.3) is 29.2 Å². The number of benzene rings is 4. The Morgan fingerprint density at radius 2 is 0.644 bits per heavy atom. The van der Waals surface area contributed by atoms with Crippen molar-refractivity contribution in [2.45, 2.75) is 191 Å². The standard InChI is InChI=1S/C28H32ClN3O.C27H29ClFN3O.2C27H30ClN3O2/c1-18-9-12-32(13-10-18)27(33)21-6-7-23(24(29)15-21)25-16-22(14-19(2)31-25)20-8-11-30-26(17-20)28(3,4)5;1-17-8-11-32(12-9-17)26(33)19-5-6-21(22(28)13-19)23-14-20(16-25(29)31-23)18-7-10-30-24(15-18)27(2,3)4;1-17-8-11-31(12-9-17)26(33)19-5-6-21(23(28)14-19)20-13-22(25(32)30-16-20)18-7-10-29-24(15-18)27(2,3)4;1-17-8-11-31(12-9-17)26(33)19-5-6-20(23(28)13-19)22-16-29-15-21(25(22)32)18-7-10-30-24(14-18)27(2,3)4/h6-8,11,14-18H,9-10,12-13H2,1-5H3;5-7,10,13-17H,8-9,11-12H2,1-4H3;5-7,10,13-17H,8-9,11-12H2,1-4H3,(H,30,32);5-7,10,13-17H,8-9,11-12H2,1-4H3,(H,29,32). The molecule has 16 rings (SSSR count). The molecule has 4 aromatic carbocycles. The van der Waals surface area contributed by atoms with Crippen molar-refractivity contribution < 1.29 is 23.6 Å². The van der Waals surface area contributed by atoms with Crippen molar-refractivity contribution in [1.82, 2.24) is 59.5 Å². The maximum absolute atomic E-state index is 14.5. The van der Waals surface area contributed by atoms with E-state index in [0.717, 1.165) is 182 Å². The van der Waals surface area contributed by atoms with Crippen LogP contribution < -0.4 is 11.0 Å². The topological polar surface area (TPSA) is 224 Å². The number of piperidine rings is 4. The van der Waals surface area contributed by atoms with Gasteiger partial charge in [0, 0.05) is 229 Å². The lowest BCUT2D eigenvalue weighted by Gasteiger charge is -2.30. The third kappa shape index (κ3) is 24.4. The van der Waals surface area contributed by atoms with Crippen LogP contribution in [0.5, 0.6) is 0 Å². The summed E-state index contributed by atoms with van der Waals surface area (Å²) in [5.74, 6) is 2.10. The molecule has 0 aliphatic carbocycles. The number of nitrogens with zero attached hydrogens (tertiary/aromatic N) is 10. The number of hydrogen-bond donors (Lipinski definition) is 2. The summed E-state index contributed by atoms with van der Waals surface area (Å²) in [7, 11) is 0. The van der Waals surface area contributed by atoms with Gasteiger partial charge >= 0.3 is 0 Å². The van der Waals surface area contributed by atoms with E-state index in [9.17, 15) is 33.2 Å². The molecule has 18 nitrogen and oxygen atoms in total. The fourth-order valence-corrected chi connectivity index (χ4v) is 17.7.